The molecule has 13 heteroatoms. The van der Waals surface area contributed by atoms with Crippen molar-refractivity contribution >= 4 is 32.9 Å². The summed E-state index contributed by atoms with van der Waals surface area (Å²) in [7, 11) is -3.29. The van der Waals surface area contributed by atoms with E-state index in [0.29, 0.717) is 48.5 Å². The molecule has 1 aromatic carbocycles. The van der Waals surface area contributed by atoms with Gasteiger partial charge in [0, 0.05) is 38.0 Å². The third kappa shape index (κ3) is 5.70. The number of anilines is 2. The zero-order valence-electron chi connectivity index (χ0n) is 23.9. The summed E-state index contributed by atoms with van der Waals surface area (Å²) in [4.78, 5) is 22.3. The summed E-state index contributed by atoms with van der Waals surface area (Å²) in [6.07, 6.45) is 8.47. The van der Waals surface area contributed by atoms with Gasteiger partial charge in [0.05, 0.1) is 40.1 Å². The minimum atomic E-state index is -3.29. The van der Waals surface area contributed by atoms with Crippen molar-refractivity contribution in [3.8, 4) is 11.3 Å². The summed E-state index contributed by atoms with van der Waals surface area (Å²) in [6.45, 7) is 2.64. The van der Waals surface area contributed by atoms with Crippen LogP contribution in [0, 0.1) is 17.6 Å². The van der Waals surface area contributed by atoms with Gasteiger partial charge in [-0.2, -0.15) is 9.61 Å². The lowest BCUT2D eigenvalue weighted by Gasteiger charge is -2.38. The maximum absolute atomic E-state index is 15.3. The molecule has 4 atom stereocenters. The summed E-state index contributed by atoms with van der Waals surface area (Å²) in [6, 6.07) is 7.07. The van der Waals surface area contributed by atoms with E-state index in [1.54, 1.807) is 29.6 Å². The van der Waals surface area contributed by atoms with Crippen molar-refractivity contribution in [2.45, 2.75) is 56.4 Å². The van der Waals surface area contributed by atoms with E-state index in [1.807, 2.05) is 13.0 Å². The molecule has 2 aliphatic rings. The lowest BCUT2D eigenvalue weighted by atomic mass is 9.76. The van der Waals surface area contributed by atoms with E-state index in [-0.39, 0.29) is 35.5 Å². The van der Waals surface area contributed by atoms with Gasteiger partial charge in [-0.1, -0.05) is 6.92 Å². The number of hydrogen-bond acceptors (Lipinski definition) is 8. The number of rotatable bonds is 7. The number of imidazole rings is 1. The quantitative estimate of drug-likeness (QED) is 0.319. The van der Waals surface area contributed by atoms with Gasteiger partial charge in [-0.3, -0.25) is 9.78 Å². The SMILES string of the molecule is C[C@H]1C[C@@H](c2ccncc2Nc2ncc3ccc(-c4c(F)cc(CN5CCCC5=O)cc4F)nn23)C[C@@H](N)[C@H]1S(C)(=O)=O. The van der Waals surface area contributed by atoms with Gasteiger partial charge in [0.25, 0.3) is 0 Å². The van der Waals surface area contributed by atoms with E-state index in [1.165, 1.54) is 29.0 Å². The van der Waals surface area contributed by atoms with Crippen molar-refractivity contribution < 1.29 is 22.0 Å². The molecule has 1 aliphatic carbocycles. The first kappa shape index (κ1) is 29.1. The molecule has 0 unspecified atom stereocenters. The second-order valence-corrected chi connectivity index (χ2v) is 13.9. The molecule has 3 N–H and O–H groups in total. The molecule has 226 valence electrons. The fraction of sp³-hybridized carbons (Fsp3) is 0.400. The van der Waals surface area contributed by atoms with Crippen LogP contribution < -0.4 is 11.1 Å². The molecule has 10 nitrogen and oxygen atoms in total. The van der Waals surface area contributed by atoms with Crippen molar-refractivity contribution in [3.63, 3.8) is 0 Å². The molecule has 0 bridgehead atoms. The largest absolute Gasteiger partial charge is 0.338 e. The van der Waals surface area contributed by atoms with E-state index < -0.39 is 32.8 Å². The van der Waals surface area contributed by atoms with Crippen LogP contribution in [0.4, 0.5) is 20.4 Å². The summed E-state index contributed by atoms with van der Waals surface area (Å²) in [5.74, 6) is -1.39. The number of amides is 1. The normalized spacial score (nSPS) is 22.8. The minimum Gasteiger partial charge on any atom is -0.338 e. The molecule has 0 radical (unpaired) electrons. The van der Waals surface area contributed by atoms with Crippen LogP contribution in [0.3, 0.4) is 0 Å². The van der Waals surface area contributed by atoms with Crippen LogP contribution >= 0.6 is 0 Å². The Balaban J connectivity index is 1.28. The van der Waals surface area contributed by atoms with Crippen molar-refractivity contribution in [3.05, 3.63) is 71.7 Å². The molecule has 1 aliphatic heterocycles. The Morgan fingerprint density at radius 2 is 1.88 bits per heavy atom. The van der Waals surface area contributed by atoms with Crippen LogP contribution in [0.2, 0.25) is 0 Å². The number of nitrogens with zero attached hydrogens (tertiary/aromatic N) is 5. The van der Waals surface area contributed by atoms with E-state index in [0.717, 1.165) is 12.0 Å². The van der Waals surface area contributed by atoms with Crippen LogP contribution in [0.15, 0.2) is 48.9 Å². The molecule has 4 aromatic rings. The Morgan fingerprint density at radius 3 is 2.56 bits per heavy atom. The number of nitrogens with two attached hydrogens (primary N) is 1. The van der Waals surface area contributed by atoms with Gasteiger partial charge in [-0.25, -0.2) is 22.2 Å². The number of benzene rings is 1. The molecule has 1 saturated carbocycles. The number of likely N-dealkylation sites (tertiary alicyclic amines) is 1. The van der Waals surface area contributed by atoms with E-state index in [2.05, 4.69) is 20.4 Å². The number of halogens is 2. The highest BCUT2D eigenvalue weighted by atomic mass is 32.2. The van der Waals surface area contributed by atoms with Gasteiger partial charge in [-0.15, -0.1) is 0 Å². The molecule has 6 rings (SSSR count). The Morgan fingerprint density at radius 1 is 1.12 bits per heavy atom. The number of hydrogen-bond donors (Lipinski definition) is 2. The standard InChI is InChI=1S/C30H33F2N7O3S/c1-17-10-19(13-24(33)29(17)43(2,41)42)21-7-8-34-15-26(21)36-30-35-14-20-5-6-25(37-39(20)30)28-22(31)11-18(12-23(28)32)16-38-9-3-4-27(38)40/h5-8,11-12,14-15,17,19,24,29H,3-4,9-10,13,16,33H2,1-2H3,(H,35,36)/t17-,19+,24+,29-/m0/s1. The Bertz CT molecular complexity index is 1780. The number of nitrogens with one attached hydrogen (secondary N) is 1. The number of sulfone groups is 1. The number of pyridine rings is 1. The number of carbonyl (C=O) groups is 1. The molecule has 2 fully saturated rings. The molecular formula is C30H33F2N7O3S. The fourth-order valence-corrected chi connectivity index (χ4v) is 8.40. The Hall–Kier alpha value is -3.97. The maximum Gasteiger partial charge on any atom is 0.229 e. The first-order valence-corrected chi connectivity index (χ1v) is 16.2. The Kier molecular flexibility index (Phi) is 7.63. The topological polar surface area (TPSA) is 136 Å². The molecule has 0 spiro atoms. The third-order valence-corrected chi connectivity index (χ3v) is 10.3. The predicted molar refractivity (Wildman–Crippen MR) is 158 cm³/mol. The van der Waals surface area contributed by atoms with E-state index in [4.69, 9.17) is 5.73 Å². The van der Waals surface area contributed by atoms with Crippen molar-refractivity contribution in [2.24, 2.45) is 11.7 Å². The predicted octanol–water partition coefficient (Wildman–Crippen LogP) is 4.19. The van der Waals surface area contributed by atoms with Crippen molar-refractivity contribution in [1.82, 2.24) is 24.5 Å². The molecule has 1 amide bonds. The number of carbonyl (C=O) groups excluding carboxylic acids is 1. The summed E-state index contributed by atoms with van der Waals surface area (Å²) >= 11 is 0. The molecule has 3 aromatic heterocycles. The first-order valence-electron chi connectivity index (χ1n) is 14.3. The maximum atomic E-state index is 15.3. The average molecular weight is 610 g/mol. The zero-order chi connectivity index (χ0) is 30.5. The first-order chi connectivity index (χ1) is 20.5. The van der Waals surface area contributed by atoms with Crippen molar-refractivity contribution in [2.75, 3.05) is 18.1 Å². The molecular weight excluding hydrogens is 576 g/mol. The van der Waals surface area contributed by atoms with Crippen LogP contribution in [-0.4, -0.2) is 62.9 Å². The molecule has 1 saturated heterocycles. The Labute approximate surface area is 248 Å². The third-order valence-electron chi connectivity index (χ3n) is 8.52. The highest BCUT2D eigenvalue weighted by Gasteiger charge is 2.40. The smallest absolute Gasteiger partial charge is 0.229 e. The van der Waals surface area contributed by atoms with Gasteiger partial charge < -0.3 is 16.0 Å². The summed E-state index contributed by atoms with van der Waals surface area (Å²) in [5.41, 5.74) is 8.74. The van der Waals surface area contributed by atoms with Crippen LogP contribution in [0.1, 0.15) is 49.7 Å². The second kappa shape index (κ2) is 11.3. The van der Waals surface area contributed by atoms with Crippen molar-refractivity contribution in [1.29, 1.82) is 0 Å². The fourth-order valence-electron chi connectivity index (χ4n) is 6.70. The lowest BCUT2D eigenvalue weighted by molar-refractivity contribution is -0.128. The highest BCUT2D eigenvalue weighted by Crippen LogP contribution is 2.41. The van der Waals surface area contributed by atoms with E-state index >= 15 is 8.78 Å². The molecule has 43 heavy (non-hydrogen) atoms. The van der Waals surface area contributed by atoms with Gasteiger partial charge >= 0.3 is 0 Å². The van der Waals surface area contributed by atoms with Gasteiger partial charge in [0.1, 0.15) is 11.6 Å². The van der Waals surface area contributed by atoms with Crippen LogP contribution in [0.25, 0.3) is 16.8 Å². The summed E-state index contributed by atoms with van der Waals surface area (Å²) < 4.78 is 56.7. The van der Waals surface area contributed by atoms with Gasteiger partial charge in [0.2, 0.25) is 11.9 Å². The second-order valence-electron chi connectivity index (χ2n) is 11.7. The van der Waals surface area contributed by atoms with Crippen LogP contribution in [0.5, 0.6) is 0 Å². The average Bonchev–Trinajstić information content (AvgIpc) is 3.52. The van der Waals surface area contributed by atoms with Gasteiger partial charge in [-0.05, 0) is 72.6 Å². The molecule has 4 heterocycles. The lowest BCUT2D eigenvalue weighted by Crippen LogP contribution is -2.48. The number of aromatic nitrogens is 4. The van der Waals surface area contributed by atoms with E-state index in [9.17, 15) is 13.2 Å². The monoisotopic (exact) mass is 609 g/mol. The highest BCUT2D eigenvalue weighted by molar-refractivity contribution is 7.91. The zero-order valence-corrected chi connectivity index (χ0v) is 24.7. The number of fused-ring (bicyclic) bond motifs is 1. The van der Waals surface area contributed by atoms with Crippen LogP contribution in [-0.2, 0) is 21.2 Å². The summed E-state index contributed by atoms with van der Waals surface area (Å²) in [5, 5.41) is 7.18. The van der Waals surface area contributed by atoms with Gasteiger partial charge in [0.15, 0.2) is 9.84 Å². The minimum absolute atomic E-state index is 0.0131.